The maximum Gasteiger partial charge on any atom is 0.226 e. The maximum atomic E-state index is 6.64. The topological polar surface area (TPSA) is 83.3 Å². The highest BCUT2D eigenvalue weighted by Gasteiger charge is 2.42. The van der Waals surface area contributed by atoms with Gasteiger partial charge < -0.3 is 19.5 Å². The van der Waals surface area contributed by atoms with Gasteiger partial charge in [0.2, 0.25) is 5.95 Å². The minimum absolute atomic E-state index is 0.314. The smallest absolute Gasteiger partial charge is 0.226 e. The standard InChI is InChI=1S/C25H20ClN5O3/c1-32-16-6-7-17(20(11-16)33-2)24-21-22(18-10-15(26)5-8-19(18)34-24)30-25-28-13-29-31(25)23(21)14-4-3-9-27-12-14/h3-13,23-24H,1-2H3,(H,28,29,30)/t23-,24-/m1/s1. The Labute approximate surface area is 200 Å². The van der Waals surface area contributed by atoms with Gasteiger partial charge in [-0.05, 0) is 42.0 Å². The zero-order valence-corrected chi connectivity index (χ0v) is 19.2. The molecular formula is C25H20ClN5O3. The van der Waals surface area contributed by atoms with E-state index < -0.39 is 6.10 Å². The van der Waals surface area contributed by atoms with Gasteiger partial charge in [0.15, 0.2) is 6.10 Å². The van der Waals surface area contributed by atoms with E-state index >= 15 is 0 Å². The second-order valence-corrected chi connectivity index (χ2v) is 8.36. The van der Waals surface area contributed by atoms with Crippen molar-refractivity contribution in [3.05, 3.63) is 94.5 Å². The number of halogens is 1. The molecule has 0 radical (unpaired) electrons. The number of nitrogens with one attached hydrogen (secondary N) is 1. The van der Waals surface area contributed by atoms with E-state index in [1.165, 1.54) is 6.33 Å². The van der Waals surface area contributed by atoms with Gasteiger partial charge in [-0.2, -0.15) is 10.1 Å². The lowest BCUT2D eigenvalue weighted by Gasteiger charge is -2.39. The summed E-state index contributed by atoms with van der Waals surface area (Å²) in [5.41, 5.74) is 4.49. The van der Waals surface area contributed by atoms with Gasteiger partial charge in [-0.1, -0.05) is 17.7 Å². The number of fused-ring (bicyclic) bond motifs is 3. The summed E-state index contributed by atoms with van der Waals surface area (Å²) in [6, 6.07) is 14.9. The highest BCUT2D eigenvalue weighted by Crippen LogP contribution is 2.52. The van der Waals surface area contributed by atoms with Crippen molar-refractivity contribution in [2.45, 2.75) is 12.1 Å². The summed E-state index contributed by atoms with van der Waals surface area (Å²) in [6.45, 7) is 0. The van der Waals surface area contributed by atoms with Crippen LogP contribution >= 0.6 is 11.6 Å². The van der Waals surface area contributed by atoms with Crippen molar-refractivity contribution >= 4 is 23.2 Å². The highest BCUT2D eigenvalue weighted by molar-refractivity contribution is 6.30. The van der Waals surface area contributed by atoms with Gasteiger partial charge >= 0.3 is 0 Å². The van der Waals surface area contributed by atoms with Crippen molar-refractivity contribution in [3.63, 3.8) is 0 Å². The van der Waals surface area contributed by atoms with E-state index in [1.807, 2.05) is 59.4 Å². The number of pyridine rings is 1. The lowest BCUT2D eigenvalue weighted by atomic mass is 9.85. The zero-order valence-electron chi connectivity index (χ0n) is 18.4. The molecular weight excluding hydrogens is 454 g/mol. The number of nitrogens with zero attached hydrogens (tertiary/aromatic N) is 4. The molecule has 6 rings (SSSR count). The molecule has 8 nitrogen and oxygen atoms in total. The van der Waals surface area contributed by atoms with Crippen molar-refractivity contribution < 1.29 is 14.2 Å². The Bertz CT molecular complexity index is 1420. The second-order valence-electron chi connectivity index (χ2n) is 7.92. The first kappa shape index (κ1) is 20.6. The largest absolute Gasteiger partial charge is 0.497 e. The molecule has 0 bridgehead atoms. The van der Waals surface area contributed by atoms with Gasteiger partial charge in [-0.25, -0.2) is 4.68 Å². The Kier molecular flexibility index (Phi) is 4.88. The molecule has 2 aliphatic heterocycles. The van der Waals surface area contributed by atoms with E-state index in [1.54, 1.807) is 20.4 Å². The molecule has 4 aromatic rings. The van der Waals surface area contributed by atoms with Crippen LogP contribution in [0.3, 0.4) is 0 Å². The van der Waals surface area contributed by atoms with E-state index in [-0.39, 0.29) is 6.04 Å². The molecule has 9 heteroatoms. The van der Waals surface area contributed by atoms with Crippen LogP contribution in [-0.4, -0.2) is 34.0 Å². The number of ether oxygens (including phenoxy) is 3. The molecule has 0 spiro atoms. The molecule has 34 heavy (non-hydrogen) atoms. The molecule has 2 aliphatic rings. The minimum Gasteiger partial charge on any atom is -0.497 e. The van der Waals surface area contributed by atoms with E-state index in [2.05, 4.69) is 20.4 Å². The lowest BCUT2D eigenvalue weighted by molar-refractivity contribution is 0.217. The fourth-order valence-corrected chi connectivity index (χ4v) is 4.77. The van der Waals surface area contributed by atoms with Crippen molar-refractivity contribution in [3.8, 4) is 17.2 Å². The van der Waals surface area contributed by atoms with Crippen LogP contribution in [0.25, 0.3) is 5.70 Å². The van der Waals surface area contributed by atoms with Crippen molar-refractivity contribution in [1.82, 2.24) is 19.7 Å². The molecule has 1 N–H and O–H groups in total. The third-order valence-electron chi connectivity index (χ3n) is 6.10. The summed E-state index contributed by atoms with van der Waals surface area (Å²) in [7, 11) is 3.26. The summed E-state index contributed by atoms with van der Waals surface area (Å²) in [4.78, 5) is 8.80. The zero-order chi connectivity index (χ0) is 23.2. The number of aromatic nitrogens is 4. The molecule has 0 amide bonds. The summed E-state index contributed by atoms with van der Waals surface area (Å²) in [6.07, 6.45) is 4.63. The fraction of sp³-hybridized carbons (Fsp3) is 0.160. The number of hydrogen-bond acceptors (Lipinski definition) is 7. The van der Waals surface area contributed by atoms with E-state index in [4.69, 9.17) is 25.8 Å². The monoisotopic (exact) mass is 473 g/mol. The van der Waals surface area contributed by atoms with Crippen LogP contribution < -0.4 is 19.5 Å². The van der Waals surface area contributed by atoms with E-state index in [0.29, 0.717) is 28.2 Å². The van der Waals surface area contributed by atoms with Crippen molar-refractivity contribution in [2.24, 2.45) is 0 Å². The van der Waals surface area contributed by atoms with Gasteiger partial charge in [-0.15, -0.1) is 0 Å². The van der Waals surface area contributed by atoms with Crippen LogP contribution in [0.2, 0.25) is 5.02 Å². The normalized spacial score (nSPS) is 18.2. The van der Waals surface area contributed by atoms with Crippen LogP contribution in [0, 0.1) is 0 Å². The third-order valence-corrected chi connectivity index (χ3v) is 6.33. The molecule has 2 aromatic carbocycles. The molecule has 2 atom stereocenters. The van der Waals surface area contributed by atoms with E-state index in [9.17, 15) is 0 Å². The Balaban J connectivity index is 1.64. The summed E-state index contributed by atoms with van der Waals surface area (Å²) in [5.74, 6) is 2.68. The first-order chi connectivity index (χ1) is 16.7. The molecule has 0 fully saturated rings. The Morgan fingerprint density at radius 3 is 2.79 bits per heavy atom. The maximum absolute atomic E-state index is 6.64. The minimum atomic E-state index is -0.486. The first-order valence-electron chi connectivity index (χ1n) is 10.7. The number of rotatable bonds is 4. The highest BCUT2D eigenvalue weighted by atomic mass is 35.5. The average Bonchev–Trinajstić information content (AvgIpc) is 3.35. The number of hydrogen-bond donors (Lipinski definition) is 1. The summed E-state index contributed by atoms with van der Waals surface area (Å²) >= 11 is 6.39. The Morgan fingerprint density at radius 2 is 2.00 bits per heavy atom. The fourth-order valence-electron chi connectivity index (χ4n) is 4.59. The first-order valence-corrected chi connectivity index (χ1v) is 11.0. The SMILES string of the molecule is COc1ccc([C@H]2Oc3ccc(Cl)cc3C3=C2[C@@H](c2cccnc2)n2ncnc2N3)c(OC)c1. The quantitative estimate of drug-likeness (QED) is 0.451. The van der Waals surface area contributed by atoms with Crippen molar-refractivity contribution in [2.75, 3.05) is 19.5 Å². The predicted octanol–water partition coefficient (Wildman–Crippen LogP) is 4.90. The lowest BCUT2D eigenvalue weighted by Crippen LogP contribution is -2.32. The van der Waals surface area contributed by atoms with Crippen LogP contribution in [-0.2, 0) is 0 Å². The third kappa shape index (κ3) is 3.18. The van der Waals surface area contributed by atoms with Crippen LogP contribution in [0.5, 0.6) is 17.2 Å². The van der Waals surface area contributed by atoms with Gasteiger partial charge in [0, 0.05) is 40.2 Å². The molecule has 0 saturated heterocycles. The number of methoxy groups -OCH3 is 2. The summed E-state index contributed by atoms with van der Waals surface area (Å²) in [5, 5.41) is 8.60. The predicted molar refractivity (Wildman–Crippen MR) is 127 cm³/mol. The molecule has 4 heterocycles. The number of benzene rings is 2. The second kappa shape index (κ2) is 8.07. The van der Waals surface area contributed by atoms with Crippen LogP contribution in [0.1, 0.15) is 28.8 Å². The Morgan fingerprint density at radius 1 is 1.09 bits per heavy atom. The van der Waals surface area contributed by atoms with Gasteiger partial charge in [0.05, 0.1) is 19.9 Å². The molecule has 0 saturated carbocycles. The molecule has 170 valence electrons. The molecule has 0 aliphatic carbocycles. The molecule has 0 unspecified atom stereocenters. The van der Waals surface area contributed by atoms with Crippen LogP contribution in [0.15, 0.2) is 72.8 Å². The Hall–Kier alpha value is -4.04. The summed E-state index contributed by atoms with van der Waals surface area (Å²) < 4.78 is 19.7. The van der Waals surface area contributed by atoms with Gasteiger partial charge in [-0.3, -0.25) is 4.98 Å². The molecule has 2 aromatic heterocycles. The van der Waals surface area contributed by atoms with Crippen molar-refractivity contribution in [1.29, 1.82) is 0 Å². The number of anilines is 1. The van der Waals surface area contributed by atoms with Gasteiger partial charge in [0.25, 0.3) is 0 Å². The average molecular weight is 474 g/mol. The van der Waals surface area contributed by atoms with Gasteiger partial charge in [0.1, 0.15) is 29.6 Å². The van der Waals surface area contributed by atoms with Crippen LogP contribution in [0.4, 0.5) is 5.95 Å². The van der Waals surface area contributed by atoms with E-state index in [0.717, 1.165) is 28.0 Å².